The van der Waals surface area contributed by atoms with Crippen molar-refractivity contribution in [2.24, 2.45) is 10.7 Å². The number of allylic oxidation sites excluding steroid dienone is 8. The van der Waals surface area contributed by atoms with Crippen molar-refractivity contribution < 1.29 is 14.3 Å². The van der Waals surface area contributed by atoms with Gasteiger partial charge in [0.1, 0.15) is 17.3 Å². The summed E-state index contributed by atoms with van der Waals surface area (Å²) in [5.74, 6) is 1.38. The Hall–Kier alpha value is -3.02. The van der Waals surface area contributed by atoms with Gasteiger partial charge in [-0.05, 0) is 77.3 Å². The average Bonchev–Trinajstić information content (AvgIpc) is 2.75. The smallest absolute Gasteiger partial charge is 0.215 e. The molecule has 0 spiro atoms. The SMILES string of the molecule is C\C=C(/N=C(\C=C\CCC)OC(C)C)N/C(C(=O)/C(C)=C/C=C(\C=C\CC)OC)=C(\C)N. The predicted octanol–water partition coefficient (Wildman–Crippen LogP) is 5.82. The molecule has 6 nitrogen and oxygen atoms in total. The molecule has 0 atom stereocenters. The minimum atomic E-state index is -0.224. The number of hydrogen-bond acceptors (Lipinski definition) is 6. The molecule has 0 amide bonds. The number of Topliss-reactive ketones (excluding diaryl/α,β-unsaturated/α-hetero) is 1. The molecule has 0 aromatic heterocycles. The van der Waals surface area contributed by atoms with Crippen LogP contribution in [0.4, 0.5) is 0 Å². The Morgan fingerprint density at radius 1 is 1.12 bits per heavy atom. The molecule has 0 aromatic carbocycles. The van der Waals surface area contributed by atoms with Gasteiger partial charge in [-0.25, -0.2) is 0 Å². The van der Waals surface area contributed by atoms with Gasteiger partial charge in [0.15, 0.2) is 0 Å². The summed E-state index contributed by atoms with van der Waals surface area (Å²) in [5.41, 5.74) is 7.18. The molecule has 0 aromatic rings. The topological polar surface area (TPSA) is 85.9 Å². The van der Waals surface area contributed by atoms with Gasteiger partial charge in [0.25, 0.3) is 0 Å². The molecule has 0 unspecified atom stereocenters. The van der Waals surface area contributed by atoms with E-state index in [1.165, 1.54) is 0 Å². The first-order chi connectivity index (χ1) is 15.2. The molecule has 0 rings (SSSR count). The molecule has 0 radical (unpaired) electrons. The van der Waals surface area contributed by atoms with Crippen LogP contribution in [0, 0.1) is 0 Å². The van der Waals surface area contributed by atoms with Crippen LogP contribution in [-0.2, 0) is 14.3 Å². The fourth-order valence-electron chi connectivity index (χ4n) is 2.35. The number of methoxy groups -OCH3 is 1. The standard InChI is InChI=1S/C26H41N3O3/c1-9-12-14-16-24(32-19(4)5)28-23(11-3)29-25(21(7)27)26(30)20(6)17-18-22(31-8)15-13-10-2/h11,13-19,29H,9-10,12,27H2,1-8H3/b15-13+,16-14+,20-17+,22-18+,23-11+,25-21+,28-24+. The summed E-state index contributed by atoms with van der Waals surface area (Å²) in [6, 6.07) is 0. The monoisotopic (exact) mass is 443 g/mol. The third-order valence-corrected chi connectivity index (χ3v) is 4.06. The van der Waals surface area contributed by atoms with Crippen molar-refractivity contribution >= 4 is 11.7 Å². The highest BCUT2D eigenvalue weighted by atomic mass is 16.5. The highest BCUT2D eigenvalue weighted by molar-refractivity contribution is 6.08. The van der Waals surface area contributed by atoms with Gasteiger partial charge in [-0.2, -0.15) is 4.99 Å². The number of nitrogens with one attached hydrogen (secondary N) is 1. The van der Waals surface area contributed by atoms with E-state index in [-0.39, 0.29) is 17.6 Å². The molecule has 0 heterocycles. The average molecular weight is 444 g/mol. The van der Waals surface area contributed by atoms with Gasteiger partial charge >= 0.3 is 0 Å². The third-order valence-electron chi connectivity index (χ3n) is 4.06. The van der Waals surface area contributed by atoms with E-state index in [4.69, 9.17) is 15.2 Å². The Morgan fingerprint density at radius 3 is 2.31 bits per heavy atom. The van der Waals surface area contributed by atoms with Crippen LogP contribution < -0.4 is 11.1 Å². The third kappa shape index (κ3) is 12.0. The molecule has 3 N–H and O–H groups in total. The van der Waals surface area contributed by atoms with Crippen molar-refractivity contribution in [3.05, 3.63) is 71.1 Å². The number of rotatable bonds is 13. The Kier molecular flexibility index (Phi) is 15.1. The normalized spacial score (nSPS) is 14.9. The van der Waals surface area contributed by atoms with Crippen LogP contribution in [0.25, 0.3) is 0 Å². The van der Waals surface area contributed by atoms with Gasteiger partial charge in [-0.1, -0.05) is 38.5 Å². The second-order valence-corrected chi connectivity index (χ2v) is 7.43. The molecule has 0 saturated carbocycles. The highest BCUT2D eigenvalue weighted by Crippen LogP contribution is 2.11. The summed E-state index contributed by atoms with van der Waals surface area (Å²) >= 11 is 0. The molecule has 0 saturated heterocycles. The van der Waals surface area contributed by atoms with Crippen LogP contribution in [0.2, 0.25) is 0 Å². The van der Waals surface area contributed by atoms with Crippen LogP contribution in [0.5, 0.6) is 0 Å². The number of nitrogens with two attached hydrogens (primary N) is 1. The van der Waals surface area contributed by atoms with Crippen molar-refractivity contribution in [2.75, 3.05) is 7.11 Å². The lowest BCUT2D eigenvalue weighted by atomic mass is 10.1. The van der Waals surface area contributed by atoms with Crippen LogP contribution in [0.15, 0.2) is 76.1 Å². The van der Waals surface area contributed by atoms with E-state index >= 15 is 0 Å². The summed E-state index contributed by atoms with van der Waals surface area (Å²) in [6.45, 7) is 13.3. The number of ether oxygens (including phenoxy) is 2. The van der Waals surface area contributed by atoms with Crippen molar-refractivity contribution in [1.82, 2.24) is 5.32 Å². The summed E-state index contributed by atoms with van der Waals surface area (Å²) in [4.78, 5) is 17.6. The van der Waals surface area contributed by atoms with E-state index in [0.717, 1.165) is 19.3 Å². The molecular formula is C26H41N3O3. The van der Waals surface area contributed by atoms with E-state index in [1.807, 2.05) is 52.0 Å². The zero-order valence-electron chi connectivity index (χ0n) is 21.0. The van der Waals surface area contributed by atoms with Crippen LogP contribution >= 0.6 is 0 Å². The fourth-order valence-corrected chi connectivity index (χ4v) is 2.35. The molecule has 6 heteroatoms. The largest absolute Gasteiger partial charge is 0.497 e. The molecule has 0 aliphatic carbocycles. The van der Waals surface area contributed by atoms with Crippen LogP contribution in [-0.4, -0.2) is 24.9 Å². The number of carbonyl (C=O) groups is 1. The molecule has 0 aliphatic rings. The van der Waals surface area contributed by atoms with Gasteiger partial charge < -0.3 is 20.5 Å². The number of aliphatic imine (C=N–C) groups is 1. The van der Waals surface area contributed by atoms with Gasteiger partial charge in [-0.3, -0.25) is 4.79 Å². The fraction of sp³-hybridized carbons (Fsp3) is 0.462. The first-order valence-electron chi connectivity index (χ1n) is 11.1. The number of hydrogen-bond donors (Lipinski definition) is 2. The molecule has 0 fully saturated rings. The lowest BCUT2D eigenvalue weighted by Gasteiger charge is -2.15. The first-order valence-corrected chi connectivity index (χ1v) is 11.1. The van der Waals surface area contributed by atoms with Crippen molar-refractivity contribution in [3.8, 4) is 0 Å². The van der Waals surface area contributed by atoms with Crippen LogP contribution in [0.1, 0.15) is 67.7 Å². The maximum atomic E-state index is 13.0. The number of unbranched alkanes of at least 4 members (excludes halogenated alkanes) is 1. The number of carbonyl (C=O) groups excluding carboxylic acids is 1. The maximum absolute atomic E-state index is 13.0. The Balaban J connectivity index is 5.81. The molecule has 0 aliphatic heterocycles. The van der Waals surface area contributed by atoms with Crippen LogP contribution in [0.3, 0.4) is 0 Å². The molecule has 0 bridgehead atoms. The van der Waals surface area contributed by atoms with Crippen molar-refractivity contribution in [3.63, 3.8) is 0 Å². The highest BCUT2D eigenvalue weighted by Gasteiger charge is 2.15. The number of ketones is 1. The summed E-state index contributed by atoms with van der Waals surface area (Å²) < 4.78 is 11.1. The summed E-state index contributed by atoms with van der Waals surface area (Å²) in [6.07, 6.45) is 15.8. The van der Waals surface area contributed by atoms with Gasteiger partial charge in [-0.15, -0.1) is 0 Å². The van der Waals surface area contributed by atoms with Gasteiger partial charge in [0, 0.05) is 5.70 Å². The molecule has 178 valence electrons. The lowest BCUT2D eigenvalue weighted by Crippen LogP contribution is -2.25. The van der Waals surface area contributed by atoms with E-state index in [1.54, 1.807) is 39.2 Å². The minimum absolute atomic E-state index is 0.0280. The maximum Gasteiger partial charge on any atom is 0.215 e. The summed E-state index contributed by atoms with van der Waals surface area (Å²) in [5, 5.41) is 3.07. The zero-order valence-corrected chi connectivity index (χ0v) is 21.0. The minimum Gasteiger partial charge on any atom is -0.497 e. The second-order valence-electron chi connectivity index (χ2n) is 7.43. The van der Waals surface area contributed by atoms with E-state index in [0.29, 0.717) is 28.7 Å². The first kappa shape index (κ1) is 29.0. The van der Waals surface area contributed by atoms with Gasteiger partial charge in [0.05, 0.1) is 13.2 Å². The second kappa shape index (κ2) is 16.6. The molecular weight excluding hydrogens is 402 g/mol. The lowest BCUT2D eigenvalue weighted by molar-refractivity contribution is -0.112. The Morgan fingerprint density at radius 2 is 1.81 bits per heavy atom. The Bertz CT molecular complexity index is 806. The van der Waals surface area contributed by atoms with E-state index in [2.05, 4.69) is 17.2 Å². The molecule has 32 heavy (non-hydrogen) atoms. The summed E-state index contributed by atoms with van der Waals surface area (Å²) in [7, 11) is 1.59. The van der Waals surface area contributed by atoms with E-state index < -0.39 is 0 Å². The quantitative estimate of drug-likeness (QED) is 0.123. The predicted molar refractivity (Wildman–Crippen MR) is 135 cm³/mol. The Labute approximate surface area is 194 Å². The van der Waals surface area contributed by atoms with Crippen molar-refractivity contribution in [2.45, 2.75) is 73.8 Å². The van der Waals surface area contributed by atoms with E-state index in [9.17, 15) is 4.79 Å². The van der Waals surface area contributed by atoms with Gasteiger partial charge in [0.2, 0.25) is 11.7 Å². The number of nitrogens with zero attached hydrogens (tertiary/aromatic N) is 1. The van der Waals surface area contributed by atoms with Crippen molar-refractivity contribution in [1.29, 1.82) is 0 Å². The zero-order chi connectivity index (χ0) is 24.5.